The highest BCUT2D eigenvalue weighted by Crippen LogP contribution is 2.24. The van der Waals surface area contributed by atoms with Crippen molar-refractivity contribution >= 4 is 22.6 Å². The highest BCUT2D eigenvalue weighted by atomic mass is 35.5. The van der Waals surface area contributed by atoms with Gasteiger partial charge in [-0.2, -0.15) is 0 Å². The van der Waals surface area contributed by atoms with E-state index in [-0.39, 0.29) is 5.82 Å². The molecule has 0 atom stereocenters. The Morgan fingerprint density at radius 3 is 2.77 bits per heavy atom. The van der Waals surface area contributed by atoms with E-state index in [1.807, 2.05) is 31.5 Å². The molecule has 130 valence electrons. The minimum atomic E-state index is -0.353. The predicted octanol–water partition coefficient (Wildman–Crippen LogP) is 4.64. The molecule has 26 heavy (non-hydrogen) atoms. The van der Waals surface area contributed by atoms with Gasteiger partial charge in [0.15, 0.2) is 0 Å². The molecule has 0 bridgehead atoms. The van der Waals surface area contributed by atoms with Gasteiger partial charge in [-0.3, -0.25) is 4.98 Å². The SMILES string of the molecule is Cc1cnc2[nH]cc(Cc3ccc(Cc4cncc(F)c4)nc3Cl)c2c1. The molecule has 0 aromatic carbocycles. The Hall–Kier alpha value is -2.79. The van der Waals surface area contributed by atoms with Crippen LogP contribution in [0, 0.1) is 12.7 Å². The molecular formula is C20H16ClFN4. The van der Waals surface area contributed by atoms with Crippen LogP contribution < -0.4 is 0 Å². The summed E-state index contributed by atoms with van der Waals surface area (Å²) in [6, 6.07) is 7.46. The van der Waals surface area contributed by atoms with E-state index in [1.165, 1.54) is 12.3 Å². The van der Waals surface area contributed by atoms with E-state index in [9.17, 15) is 4.39 Å². The van der Waals surface area contributed by atoms with E-state index >= 15 is 0 Å². The molecule has 0 amide bonds. The Morgan fingerprint density at radius 2 is 1.96 bits per heavy atom. The molecule has 0 fully saturated rings. The molecule has 0 aliphatic rings. The van der Waals surface area contributed by atoms with E-state index in [0.29, 0.717) is 18.0 Å². The number of rotatable bonds is 4. The van der Waals surface area contributed by atoms with Crippen molar-refractivity contribution in [2.75, 3.05) is 0 Å². The Bertz CT molecular complexity index is 1090. The molecular weight excluding hydrogens is 351 g/mol. The Labute approximate surface area is 155 Å². The summed E-state index contributed by atoms with van der Waals surface area (Å²) in [5.74, 6) is -0.353. The van der Waals surface area contributed by atoms with Crippen LogP contribution in [-0.4, -0.2) is 19.9 Å². The van der Waals surface area contributed by atoms with Crippen LogP contribution in [0.25, 0.3) is 11.0 Å². The average molecular weight is 367 g/mol. The highest BCUT2D eigenvalue weighted by Gasteiger charge is 2.10. The van der Waals surface area contributed by atoms with E-state index in [1.54, 1.807) is 6.20 Å². The zero-order valence-corrected chi connectivity index (χ0v) is 14.9. The number of nitrogens with one attached hydrogen (secondary N) is 1. The smallest absolute Gasteiger partial charge is 0.141 e. The topological polar surface area (TPSA) is 54.5 Å². The number of hydrogen-bond donors (Lipinski definition) is 1. The lowest BCUT2D eigenvalue weighted by Gasteiger charge is -2.07. The summed E-state index contributed by atoms with van der Waals surface area (Å²) in [7, 11) is 0. The second-order valence-electron chi connectivity index (χ2n) is 6.34. The van der Waals surface area contributed by atoms with Crippen molar-refractivity contribution in [2.24, 2.45) is 0 Å². The first-order valence-electron chi connectivity index (χ1n) is 8.25. The van der Waals surface area contributed by atoms with Gasteiger partial charge in [0.25, 0.3) is 0 Å². The second-order valence-corrected chi connectivity index (χ2v) is 6.70. The molecule has 4 rings (SSSR count). The van der Waals surface area contributed by atoms with Crippen molar-refractivity contribution in [2.45, 2.75) is 19.8 Å². The van der Waals surface area contributed by atoms with E-state index in [4.69, 9.17) is 11.6 Å². The molecule has 1 N–H and O–H groups in total. The molecule has 0 saturated heterocycles. The lowest BCUT2D eigenvalue weighted by Crippen LogP contribution is -1.98. The van der Waals surface area contributed by atoms with Crippen LogP contribution >= 0.6 is 11.6 Å². The third-order valence-electron chi connectivity index (χ3n) is 4.26. The fraction of sp³-hybridized carbons (Fsp3) is 0.150. The molecule has 0 unspecified atom stereocenters. The third-order valence-corrected chi connectivity index (χ3v) is 4.59. The summed E-state index contributed by atoms with van der Waals surface area (Å²) in [6.45, 7) is 2.02. The lowest BCUT2D eigenvalue weighted by atomic mass is 10.0. The zero-order valence-electron chi connectivity index (χ0n) is 14.1. The van der Waals surface area contributed by atoms with Gasteiger partial charge in [-0.25, -0.2) is 14.4 Å². The minimum Gasteiger partial charge on any atom is -0.346 e. The molecule has 0 aliphatic heterocycles. The third kappa shape index (κ3) is 3.44. The van der Waals surface area contributed by atoms with Crippen molar-refractivity contribution in [1.82, 2.24) is 19.9 Å². The van der Waals surface area contributed by atoms with Crippen molar-refractivity contribution in [1.29, 1.82) is 0 Å². The molecule has 0 saturated carbocycles. The first kappa shape index (κ1) is 16.7. The van der Waals surface area contributed by atoms with Gasteiger partial charge in [-0.05, 0) is 47.4 Å². The quantitative estimate of drug-likeness (QED) is 0.535. The number of halogens is 2. The largest absolute Gasteiger partial charge is 0.346 e. The maximum atomic E-state index is 13.3. The molecule has 0 aliphatic carbocycles. The van der Waals surface area contributed by atoms with Crippen molar-refractivity contribution in [3.8, 4) is 0 Å². The standard InChI is InChI=1S/C20H16ClFN4/c1-12-4-18-15(10-25-20(18)24-8-12)7-14-2-3-17(26-19(14)21)6-13-5-16(22)11-23-9-13/h2-5,8-11H,6-7H2,1H3,(H,24,25). The number of aryl methyl sites for hydroxylation is 1. The van der Waals surface area contributed by atoms with Crippen LogP contribution in [0.1, 0.15) is 27.9 Å². The van der Waals surface area contributed by atoms with Gasteiger partial charge in [0.05, 0.1) is 6.20 Å². The molecule has 0 spiro atoms. The Morgan fingerprint density at radius 1 is 1.08 bits per heavy atom. The number of H-pyrrole nitrogens is 1. The van der Waals surface area contributed by atoms with Crippen LogP contribution in [0.5, 0.6) is 0 Å². The molecule has 0 radical (unpaired) electrons. The number of fused-ring (bicyclic) bond motifs is 1. The van der Waals surface area contributed by atoms with Gasteiger partial charge in [0.2, 0.25) is 0 Å². The van der Waals surface area contributed by atoms with Crippen molar-refractivity contribution < 1.29 is 4.39 Å². The van der Waals surface area contributed by atoms with Gasteiger partial charge in [0, 0.05) is 42.5 Å². The first-order valence-corrected chi connectivity index (χ1v) is 8.62. The van der Waals surface area contributed by atoms with Crippen LogP contribution in [0.4, 0.5) is 4.39 Å². The number of aromatic amines is 1. The molecule has 4 aromatic rings. The second kappa shape index (κ2) is 6.84. The zero-order chi connectivity index (χ0) is 18.1. The molecule has 4 aromatic heterocycles. The average Bonchev–Trinajstić information content (AvgIpc) is 2.99. The summed E-state index contributed by atoms with van der Waals surface area (Å²) >= 11 is 6.40. The summed E-state index contributed by atoms with van der Waals surface area (Å²) in [5.41, 5.74) is 5.59. The number of hydrogen-bond acceptors (Lipinski definition) is 3. The van der Waals surface area contributed by atoms with Crippen LogP contribution in [0.3, 0.4) is 0 Å². The van der Waals surface area contributed by atoms with Gasteiger partial charge >= 0.3 is 0 Å². The Balaban J connectivity index is 1.58. The van der Waals surface area contributed by atoms with Crippen molar-refractivity contribution in [3.05, 3.63) is 88.0 Å². The molecule has 4 nitrogen and oxygen atoms in total. The highest BCUT2D eigenvalue weighted by molar-refractivity contribution is 6.30. The van der Waals surface area contributed by atoms with E-state index in [2.05, 4.69) is 26.0 Å². The van der Waals surface area contributed by atoms with Gasteiger partial charge in [-0.1, -0.05) is 17.7 Å². The van der Waals surface area contributed by atoms with Gasteiger partial charge in [-0.15, -0.1) is 0 Å². The summed E-state index contributed by atoms with van der Waals surface area (Å²) < 4.78 is 13.3. The van der Waals surface area contributed by atoms with Gasteiger partial charge < -0.3 is 4.98 Å². The van der Waals surface area contributed by atoms with E-state index < -0.39 is 0 Å². The van der Waals surface area contributed by atoms with Crippen molar-refractivity contribution in [3.63, 3.8) is 0 Å². The maximum absolute atomic E-state index is 13.3. The van der Waals surface area contributed by atoms with E-state index in [0.717, 1.165) is 39.0 Å². The predicted molar refractivity (Wildman–Crippen MR) is 99.9 cm³/mol. The summed E-state index contributed by atoms with van der Waals surface area (Å²) in [6.07, 6.45) is 7.77. The normalized spacial score (nSPS) is 11.2. The minimum absolute atomic E-state index is 0.353. The molecule has 6 heteroatoms. The fourth-order valence-corrected chi connectivity index (χ4v) is 3.24. The van der Waals surface area contributed by atoms with Gasteiger partial charge in [0.1, 0.15) is 16.6 Å². The summed E-state index contributed by atoms with van der Waals surface area (Å²) in [5, 5.41) is 1.55. The molecule has 4 heterocycles. The van der Waals surface area contributed by atoms with Crippen LogP contribution in [0.2, 0.25) is 5.15 Å². The van der Waals surface area contributed by atoms with Crippen LogP contribution in [-0.2, 0) is 12.8 Å². The maximum Gasteiger partial charge on any atom is 0.141 e. The monoisotopic (exact) mass is 366 g/mol. The Kier molecular flexibility index (Phi) is 4.39. The number of pyridine rings is 3. The first-order chi connectivity index (χ1) is 12.6. The fourth-order valence-electron chi connectivity index (χ4n) is 3.01. The number of nitrogens with zero attached hydrogens (tertiary/aromatic N) is 3. The van der Waals surface area contributed by atoms with Crippen LogP contribution in [0.15, 0.2) is 49.1 Å². The lowest BCUT2D eigenvalue weighted by molar-refractivity contribution is 0.619. The number of aromatic nitrogens is 4. The summed E-state index contributed by atoms with van der Waals surface area (Å²) in [4.78, 5) is 15.9.